The van der Waals surface area contributed by atoms with Crippen molar-refractivity contribution in [3.63, 3.8) is 0 Å². The fraction of sp³-hybridized carbons (Fsp3) is 0.360. The summed E-state index contributed by atoms with van der Waals surface area (Å²) < 4.78 is 0. The van der Waals surface area contributed by atoms with E-state index in [4.69, 9.17) is 11.6 Å². The van der Waals surface area contributed by atoms with Gasteiger partial charge in [0.1, 0.15) is 6.54 Å². The van der Waals surface area contributed by atoms with Gasteiger partial charge < -0.3 is 0 Å². The molecule has 6 nitrogen and oxygen atoms in total. The van der Waals surface area contributed by atoms with Crippen LogP contribution in [0.25, 0.3) is 0 Å². The zero-order valence-corrected chi connectivity index (χ0v) is 18.4. The van der Waals surface area contributed by atoms with E-state index in [1.807, 2.05) is 19.1 Å². The number of imide groups is 1. The Kier molecular flexibility index (Phi) is 5.13. The first-order valence-corrected chi connectivity index (χ1v) is 11.3. The van der Waals surface area contributed by atoms with Crippen LogP contribution in [0.1, 0.15) is 45.5 Å². The largest absolute Gasteiger partial charge is 0.292 e. The molecule has 7 heteroatoms. The lowest BCUT2D eigenvalue weighted by molar-refractivity contribution is -0.154. The van der Waals surface area contributed by atoms with Crippen LogP contribution in [0.5, 0.6) is 0 Å². The number of aryl methyl sites for hydroxylation is 1. The van der Waals surface area contributed by atoms with E-state index in [9.17, 15) is 19.2 Å². The Morgan fingerprint density at radius 3 is 2.16 bits per heavy atom. The van der Waals surface area contributed by atoms with Crippen molar-refractivity contribution in [3.8, 4) is 0 Å². The summed E-state index contributed by atoms with van der Waals surface area (Å²) in [4.78, 5) is 53.3. The third-order valence-corrected chi connectivity index (χ3v) is 7.48. The standard InChI is InChI=1S/C25H23ClN2O4/c1-14-6-8-15(9-7-14)20(29)13-27(23(30)18-4-2-3-5-19(18)26)28-24(31)21-16-10-11-17(12-16)22(21)25(28)32/h2-9,16-17,21-22H,10-13H2,1H3/t16-,17-,21-,22+/m0/s1. The number of hydrogen-bond donors (Lipinski definition) is 0. The highest BCUT2D eigenvalue weighted by Gasteiger charge is 2.62. The number of halogens is 1. The lowest BCUT2D eigenvalue weighted by Gasteiger charge is -2.31. The van der Waals surface area contributed by atoms with E-state index in [0.29, 0.717) is 5.56 Å². The number of Topliss-reactive ketones (excluding diaryl/α,β-unsaturated/α-hetero) is 1. The molecule has 2 aromatic carbocycles. The van der Waals surface area contributed by atoms with E-state index in [1.165, 1.54) is 6.07 Å². The maximum atomic E-state index is 13.5. The van der Waals surface area contributed by atoms with Crippen LogP contribution in [0.3, 0.4) is 0 Å². The smallest absolute Gasteiger partial charge is 0.274 e. The van der Waals surface area contributed by atoms with Crippen molar-refractivity contribution in [2.24, 2.45) is 23.7 Å². The summed E-state index contributed by atoms with van der Waals surface area (Å²) in [6.45, 7) is 1.50. The average Bonchev–Trinajstić information content (AvgIpc) is 3.46. The first-order chi connectivity index (χ1) is 15.4. The van der Waals surface area contributed by atoms with Crippen molar-refractivity contribution in [1.29, 1.82) is 0 Å². The van der Waals surface area contributed by atoms with Gasteiger partial charge in [0.15, 0.2) is 5.78 Å². The van der Waals surface area contributed by atoms with Crippen LogP contribution in [0.15, 0.2) is 48.5 Å². The summed E-state index contributed by atoms with van der Waals surface area (Å²) in [6.07, 6.45) is 2.75. The highest BCUT2D eigenvalue weighted by Crippen LogP contribution is 2.56. The Bertz CT molecular complexity index is 1100. The van der Waals surface area contributed by atoms with Crippen molar-refractivity contribution < 1.29 is 19.2 Å². The molecule has 2 aromatic rings. The molecule has 3 fully saturated rings. The lowest BCUT2D eigenvalue weighted by Crippen LogP contribution is -2.52. The van der Waals surface area contributed by atoms with Crippen LogP contribution in [0.4, 0.5) is 0 Å². The van der Waals surface area contributed by atoms with E-state index < -0.39 is 24.3 Å². The minimum absolute atomic E-state index is 0.145. The molecule has 1 saturated heterocycles. The van der Waals surface area contributed by atoms with Crippen molar-refractivity contribution in [2.75, 3.05) is 6.54 Å². The Hall–Kier alpha value is -2.99. The van der Waals surface area contributed by atoms with E-state index in [-0.39, 0.29) is 40.0 Å². The molecular formula is C25H23ClN2O4. The SMILES string of the molecule is Cc1ccc(C(=O)CN(C(=O)c2ccccc2Cl)N2C(=O)[C@@H]3[C@H]4CC[C@@H](C4)[C@@H]3C2=O)cc1. The number of amides is 3. The fourth-order valence-corrected chi connectivity index (χ4v) is 5.82. The van der Waals surface area contributed by atoms with Gasteiger partial charge in [0.25, 0.3) is 17.7 Å². The summed E-state index contributed by atoms with van der Waals surface area (Å²) in [6, 6.07) is 13.4. The number of benzene rings is 2. The molecule has 5 rings (SSSR count). The first-order valence-electron chi connectivity index (χ1n) is 10.9. The molecule has 4 atom stereocenters. The number of rotatable bonds is 5. The number of carbonyl (C=O) groups excluding carboxylic acids is 4. The normalized spacial score (nSPS) is 25.9. The molecule has 1 aliphatic heterocycles. The van der Waals surface area contributed by atoms with Crippen LogP contribution in [0.2, 0.25) is 5.02 Å². The van der Waals surface area contributed by atoms with Gasteiger partial charge in [0.2, 0.25) is 0 Å². The molecule has 3 amide bonds. The van der Waals surface area contributed by atoms with Crippen LogP contribution in [-0.2, 0) is 9.59 Å². The number of hydrogen-bond acceptors (Lipinski definition) is 4. The Labute approximate surface area is 191 Å². The van der Waals surface area contributed by atoms with Gasteiger partial charge in [0.05, 0.1) is 22.4 Å². The van der Waals surface area contributed by atoms with Crippen LogP contribution in [-0.4, -0.2) is 40.1 Å². The van der Waals surface area contributed by atoms with Gasteiger partial charge in [-0.2, -0.15) is 5.01 Å². The van der Waals surface area contributed by atoms with Gasteiger partial charge in [-0.15, -0.1) is 0 Å². The summed E-state index contributed by atoms with van der Waals surface area (Å²) in [5.41, 5.74) is 1.55. The number of fused-ring (bicyclic) bond motifs is 5. The molecular weight excluding hydrogens is 428 g/mol. The summed E-state index contributed by atoms with van der Waals surface area (Å²) in [7, 11) is 0. The molecule has 0 aromatic heterocycles. The monoisotopic (exact) mass is 450 g/mol. The van der Waals surface area contributed by atoms with Crippen molar-refractivity contribution in [3.05, 3.63) is 70.2 Å². The molecule has 0 unspecified atom stereocenters. The van der Waals surface area contributed by atoms with Gasteiger partial charge in [-0.3, -0.25) is 19.2 Å². The second-order valence-electron chi connectivity index (χ2n) is 9.00. The van der Waals surface area contributed by atoms with Gasteiger partial charge in [-0.25, -0.2) is 5.01 Å². The Morgan fingerprint density at radius 1 is 0.969 bits per heavy atom. The average molecular weight is 451 g/mol. The van der Waals surface area contributed by atoms with Crippen molar-refractivity contribution in [1.82, 2.24) is 10.0 Å². The minimum Gasteiger partial charge on any atom is -0.292 e. The molecule has 1 heterocycles. The van der Waals surface area contributed by atoms with Gasteiger partial charge in [0, 0.05) is 5.56 Å². The number of nitrogens with zero attached hydrogens (tertiary/aromatic N) is 2. The summed E-state index contributed by atoms with van der Waals surface area (Å²) in [5, 5.41) is 2.15. The maximum Gasteiger partial charge on any atom is 0.274 e. The minimum atomic E-state index is -0.634. The predicted molar refractivity (Wildman–Crippen MR) is 118 cm³/mol. The predicted octanol–water partition coefficient (Wildman–Crippen LogP) is 3.92. The molecule has 32 heavy (non-hydrogen) atoms. The van der Waals surface area contributed by atoms with Crippen LogP contribution in [0, 0.1) is 30.6 Å². The molecule has 0 N–H and O–H groups in total. The highest BCUT2D eigenvalue weighted by molar-refractivity contribution is 6.34. The maximum absolute atomic E-state index is 13.5. The van der Waals surface area contributed by atoms with Gasteiger partial charge >= 0.3 is 0 Å². The van der Waals surface area contributed by atoms with Crippen molar-refractivity contribution in [2.45, 2.75) is 26.2 Å². The molecule has 2 saturated carbocycles. The zero-order valence-electron chi connectivity index (χ0n) is 17.7. The summed E-state index contributed by atoms with van der Waals surface area (Å²) >= 11 is 6.24. The lowest BCUT2D eigenvalue weighted by atomic mass is 9.81. The van der Waals surface area contributed by atoms with E-state index in [0.717, 1.165) is 34.8 Å². The fourth-order valence-electron chi connectivity index (χ4n) is 5.60. The second-order valence-corrected chi connectivity index (χ2v) is 9.41. The molecule has 0 spiro atoms. The molecule has 0 radical (unpaired) electrons. The number of ketones is 1. The molecule has 3 aliphatic rings. The molecule has 2 bridgehead atoms. The number of carbonyl (C=O) groups is 4. The van der Waals surface area contributed by atoms with Crippen LogP contribution < -0.4 is 0 Å². The number of hydrazine groups is 1. The third kappa shape index (κ3) is 3.25. The van der Waals surface area contributed by atoms with E-state index >= 15 is 0 Å². The van der Waals surface area contributed by atoms with Gasteiger partial charge in [-0.05, 0) is 50.2 Å². The van der Waals surface area contributed by atoms with Crippen molar-refractivity contribution >= 4 is 35.1 Å². The third-order valence-electron chi connectivity index (χ3n) is 7.15. The van der Waals surface area contributed by atoms with Crippen LogP contribution >= 0.6 is 11.6 Å². The quantitative estimate of drug-likeness (QED) is 0.511. The molecule has 2 aliphatic carbocycles. The topological polar surface area (TPSA) is 74.8 Å². The second kappa shape index (κ2) is 7.85. The van der Waals surface area contributed by atoms with Gasteiger partial charge in [-0.1, -0.05) is 53.6 Å². The highest BCUT2D eigenvalue weighted by atomic mass is 35.5. The molecule has 164 valence electrons. The van der Waals surface area contributed by atoms with E-state index in [2.05, 4.69) is 0 Å². The summed E-state index contributed by atoms with van der Waals surface area (Å²) in [5.74, 6) is -2.16. The Balaban J connectivity index is 1.51. The first kappa shape index (κ1) is 20.9. The zero-order chi connectivity index (χ0) is 22.6. The van der Waals surface area contributed by atoms with E-state index in [1.54, 1.807) is 30.3 Å². The Morgan fingerprint density at radius 2 is 1.56 bits per heavy atom.